The molecule has 0 aliphatic carbocycles. The van der Waals surface area contributed by atoms with Crippen LogP contribution < -0.4 is 0 Å². The average molecular weight is 261 g/mol. The maximum Gasteiger partial charge on any atom is 0.310 e. The number of esters is 1. The SMILES string of the molecule is COC(=O)Cc1cc(C)c(F)cc1Br. The van der Waals surface area contributed by atoms with E-state index in [1.54, 1.807) is 13.0 Å². The lowest BCUT2D eigenvalue weighted by atomic mass is 10.1. The maximum absolute atomic E-state index is 13.0. The summed E-state index contributed by atoms with van der Waals surface area (Å²) in [4.78, 5) is 11.0. The van der Waals surface area contributed by atoms with Gasteiger partial charge in [0.15, 0.2) is 0 Å². The van der Waals surface area contributed by atoms with Crippen molar-refractivity contribution >= 4 is 21.9 Å². The van der Waals surface area contributed by atoms with Crippen molar-refractivity contribution in [2.24, 2.45) is 0 Å². The Morgan fingerprint density at radius 2 is 2.21 bits per heavy atom. The molecule has 1 rings (SSSR count). The molecule has 0 radical (unpaired) electrons. The van der Waals surface area contributed by atoms with E-state index in [4.69, 9.17) is 0 Å². The van der Waals surface area contributed by atoms with E-state index in [2.05, 4.69) is 20.7 Å². The van der Waals surface area contributed by atoms with E-state index in [0.717, 1.165) is 5.56 Å². The van der Waals surface area contributed by atoms with Crippen molar-refractivity contribution in [2.45, 2.75) is 13.3 Å². The predicted molar refractivity (Wildman–Crippen MR) is 54.6 cm³/mol. The Morgan fingerprint density at radius 1 is 1.57 bits per heavy atom. The number of hydrogen-bond donors (Lipinski definition) is 0. The van der Waals surface area contributed by atoms with Crippen molar-refractivity contribution in [1.29, 1.82) is 0 Å². The third kappa shape index (κ3) is 2.54. The van der Waals surface area contributed by atoms with E-state index in [1.807, 2.05) is 0 Å². The summed E-state index contributed by atoms with van der Waals surface area (Å²) in [5, 5.41) is 0. The molecule has 0 fully saturated rings. The Hall–Kier alpha value is -0.900. The van der Waals surface area contributed by atoms with Gasteiger partial charge in [-0.05, 0) is 24.1 Å². The number of benzene rings is 1. The molecule has 0 saturated carbocycles. The van der Waals surface area contributed by atoms with E-state index in [0.29, 0.717) is 10.0 Å². The Balaban J connectivity index is 2.98. The number of carbonyl (C=O) groups is 1. The van der Waals surface area contributed by atoms with Crippen LogP contribution in [0.2, 0.25) is 0 Å². The molecule has 0 unspecified atom stereocenters. The third-order valence-electron chi connectivity index (χ3n) is 1.89. The molecule has 0 heterocycles. The second kappa shape index (κ2) is 4.55. The first-order valence-electron chi connectivity index (χ1n) is 4.06. The lowest BCUT2D eigenvalue weighted by molar-refractivity contribution is -0.139. The van der Waals surface area contributed by atoms with Crippen molar-refractivity contribution in [2.75, 3.05) is 7.11 Å². The standard InChI is InChI=1S/C10H10BrFO2/c1-6-3-7(4-10(13)14-2)8(11)5-9(6)12/h3,5H,4H2,1-2H3. The van der Waals surface area contributed by atoms with Gasteiger partial charge in [-0.2, -0.15) is 0 Å². The fourth-order valence-electron chi connectivity index (χ4n) is 1.08. The molecule has 76 valence electrons. The first-order valence-corrected chi connectivity index (χ1v) is 4.85. The number of hydrogen-bond acceptors (Lipinski definition) is 2. The first-order chi connectivity index (χ1) is 6.54. The molecule has 4 heteroatoms. The van der Waals surface area contributed by atoms with Gasteiger partial charge in [0, 0.05) is 4.47 Å². The molecule has 2 nitrogen and oxygen atoms in total. The van der Waals surface area contributed by atoms with Crippen LogP contribution in [0.3, 0.4) is 0 Å². The lowest BCUT2D eigenvalue weighted by Gasteiger charge is -2.05. The zero-order chi connectivity index (χ0) is 10.7. The lowest BCUT2D eigenvalue weighted by Crippen LogP contribution is -2.05. The largest absolute Gasteiger partial charge is 0.469 e. The summed E-state index contributed by atoms with van der Waals surface area (Å²) in [6.07, 6.45) is 0.151. The molecule has 0 aliphatic heterocycles. The van der Waals surface area contributed by atoms with Gasteiger partial charge in [-0.15, -0.1) is 0 Å². The molecule has 0 bridgehead atoms. The summed E-state index contributed by atoms with van der Waals surface area (Å²) < 4.78 is 18.1. The summed E-state index contributed by atoms with van der Waals surface area (Å²) in [5.74, 6) is -0.623. The third-order valence-corrected chi connectivity index (χ3v) is 2.63. The van der Waals surface area contributed by atoms with E-state index in [1.165, 1.54) is 13.2 Å². The molecule has 0 aromatic heterocycles. The number of carbonyl (C=O) groups excluding carboxylic acids is 1. The minimum Gasteiger partial charge on any atom is -0.469 e. The molecule has 14 heavy (non-hydrogen) atoms. The quantitative estimate of drug-likeness (QED) is 0.765. The molecule has 1 aromatic rings. The molecule has 0 amide bonds. The minimum atomic E-state index is -0.336. The van der Waals surface area contributed by atoms with Gasteiger partial charge in [0.25, 0.3) is 0 Å². The van der Waals surface area contributed by atoms with Gasteiger partial charge in [0.2, 0.25) is 0 Å². The van der Waals surface area contributed by atoms with Crippen LogP contribution in [0.5, 0.6) is 0 Å². The second-order valence-electron chi connectivity index (χ2n) is 2.95. The van der Waals surface area contributed by atoms with Gasteiger partial charge in [0.05, 0.1) is 13.5 Å². The average Bonchev–Trinajstić information content (AvgIpc) is 2.14. The minimum absolute atomic E-state index is 0.151. The second-order valence-corrected chi connectivity index (χ2v) is 3.80. The highest BCUT2D eigenvalue weighted by Gasteiger charge is 2.09. The monoisotopic (exact) mass is 260 g/mol. The summed E-state index contributed by atoms with van der Waals surface area (Å²) in [7, 11) is 1.33. The molecule has 1 aromatic carbocycles. The molecular weight excluding hydrogens is 251 g/mol. The van der Waals surface area contributed by atoms with Crippen LogP contribution in [0.4, 0.5) is 4.39 Å². The van der Waals surface area contributed by atoms with Crippen molar-refractivity contribution in [3.8, 4) is 0 Å². The predicted octanol–water partition coefficient (Wildman–Crippen LogP) is 2.61. The van der Waals surface area contributed by atoms with Crippen LogP contribution in [-0.4, -0.2) is 13.1 Å². The van der Waals surface area contributed by atoms with Crippen LogP contribution >= 0.6 is 15.9 Å². The molecule has 0 aliphatic rings. The van der Waals surface area contributed by atoms with Crippen LogP contribution in [-0.2, 0) is 16.0 Å². The van der Waals surface area contributed by atoms with Crippen molar-refractivity contribution in [3.63, 3.8) is 0 Å². The zero-order valence-corrected chi connectivity index (χ0v) is 9.52. The number of methoxy groups -OCH3 is 1. The van der Waals surface area contributed by atoms with Crippen LogP contribution in [0.1, 0.15) is 11.1 Å². The van der Waals surface area contributed by atoms with Gasteiger partial charge in [-0.1, -0.05) is 22.0 Å². The van der Waals surface area contributed by atoms with Crippen LogP contribution in [0, 0.1) is 12.7 Å². The number of halogens is 2. The zero-order valence-electron chi connectivity index (χ0n) is 7.93. The molecule has 0 atom stereocenters. The van der Waals surface area contributed by atoms with Gasteiger partial charge in [0.1, 0.15) is 5.82 Å². The Kier molecular flexibility index (Phi) is 3.63. The van der Waals surface area contributed by atoms with Crippen LogP contribution in [0.25, 0.3) is 0 Å². The summed E-state index contributed by atoms with van der Waals surface area (Å²) in [5.41, 5.74) is 1.25. The van der Waals surface area contributed by atoms with Crippen molar-refractivity contribution in [1.82, 2.24) is 0 Å². The molecule has 0 N–H and O–H groups in total. The number of aryl methyl sites for hydroxylation is 1. The van der Waals surface area contributed by atoms with E-state index >= 15 is 0 Å². The fraction of sp³-hybridized carbons (Fsp3) is 0.300. The maximum atomic E-state index is 13.0. The topological polar surface area (TPSA) is 26.3 Å². The van der Waals surface area contributed by atoms with Crippen molar-refractivity contribution in [3.05, 3.63) is 33.5 Å². The summed E-state index contributed by atoms with van der Waals surface area (Å²) in [6.45, 7) is 1.66. The Bertz CT molecular complexity index is 363. The van der Waals surface area contributed by atoms with Gasteiger partial charge >= 0.3 is 5.97 Å². The summed E-state index contributed by atoms with van der Waals surface area (Å²) >= 11 is 3.19. The van der Waals surface area contributed by atoms with Gasteiger partial charge in [-0.3, -0.25) is 4.79 Å². The Morgan fingerprint density at radius 3 is 2.79 bits per heavy atom. The van der Waals surface area contributed by atoms with Crippen LogP contribution in [0.15, 0.2) is 16.6 Å². The van der Waals surface area contributed by atoms with E-state index < -0.39 is 0 Å². The van der Waals surface area contributed by atoms with E-state index in [-0.39, 0.29) is 18.2 Å². The van der Waals surface area contributed by atoms with Gasteiger partial charge in [-0.25, -0.2) is 4.39 Å². The number of ether oxygens (including phenoxy) is 1. The highest BCUT2D eigenvalue weighted by atomic mass is 79.9. The summed E-state index contributed by atoms with van der Waals surface area (Å²) in [6, 6.07) is 2.99. The molecule has 0 spiro atoms. The Labute approximate surface area is 90.2 Å². The smallest absolute Gasteiger partial charge is 0.310 e. The van der Waals surface area contributed by atoms with Crippen molar-refractivity contribution < 1.29 is 13.9 Å². The molecule has 0 saturated heterocycles. The first kappa shape index (κ1) is 11.2. The molecular formula is C10H10BrFO2. The van der Waals surface area contributed by atoms with E-state index in [9.17, 15) is 9.18 Å². The number of rotatable bonds is 2. The fourth-order valence-corrected chi connectivity index (χ4v) is 1.54. The highest BCUT2D eigenvalue weighted by molar-refractivity contribution is 9.10. The highest BCUT2D eigenvalue weighted by Crippen LogP contribution is 2.21. The van der Waals surface area contributed by atoms with Gasteiger partial charge < -0.3 is 4.74 Å². The normalized spacial score (nSPS) is 10.0.